The number of hydrogen-bond donors (Lipinski definition) is 1. The van der Waals surface area contributed by atoms with Gasteiger partial charge in [0.1, 0.15) is 11.3 Å². The van der Waals surface area contributed by atoms with Gasteiger partial charge in [-0.25, -0.2) is 22.2 Å². The fraction of sp³-hybridized carbons (Fsp3) is 0.400. The molecule has 1 aliphatic rings. The largest absolute Gasteiger partial charge is 0.244 e. The molecule has 0 aliphatic heterocycles. The molecular weight excluding hydrogens is 379 g/mol. The van der Waals surface area contributed by atoms with Crippen LogP contribution >= 0.6 is 0 Å². The average Bonchev–Trinajstić information content (AvgIpc) is 3.36. The lowest BCUT2D eigenvalue weighted by Crippen LogP contribution is -2.35. The third kappa shape index (κ3) is 4.23. The van der Waals surface area contributed by atoms with Crippen LogP contribution in [0.4, 0.5) is 4.39 Å². The lowest BCUT2D eigenvalue weighted by Gasteiger charge is -2.25. The normalized spacial score (nSPS) is 16.6. The van der Waals surface area contributed by atoms with Crippen LogP contribution in [0.5, 0.6) is 0 Å². The fourth-order valence-corrected chi connectivity index (χ4v) is 5.19. The average molecular weight is 402 g/mol. The van der Waals surface area contributed by atoms with E-state index in [9.17, 15) is 12.8 Å². The van der Waals surface area contributed by atoms with E-state index in [1.165, 1.54) is 12.1 Å². The first-order valence-corrected chi connectivity index (χ1v) is 11.2. The van der Waals surface area contributed by atoms with E-state index in [1.54, 1.807) is 16.8 Å². The Morgan fingerprint density at radius 3 is 2.57 bits per heavy atom. The third-order valence-electron chi connectivity index (χ3n) is 5.40. The van der Waals surface area contributed by atoms with Crippen LogP contribution in [0, 0.1) is 11.7 Å². The molecule has 1 fully saturated rings. The Bertz CT molecular complexity index is 1040. The molecular formula is C20H23FN4O2S. The van der Waals surface area contributed by atoms with Gasteiger partial charge in [-0.15, -0.1) is 5.10 Å². The number of aromatic nitrogens is 3. The summed E-state index contributed by atoms with van der Waals surface area (Å²) < 4.78 is 43.4. The Morgan fingerprint density at radius 2 is 1.82 bits per heavy atom. The molecule has 0 spiro atoms. The van der Waals surface area contributed by atoms with Crippen LogP contribution in [0.3, 0.4) is 0 Å². The molecule has 1 aromatic heterocycles. The van der Waals surface area contributed by atoms with Gasteiger partial charge in [0.15, 0.2) is 0 Å². The Morgan fingerprint density at radius 1 is 1.11 bits per heavy atom. The number of sulfonamides is 1. The number of aryl methyl sites for hydroxylation is 1. The molecule has 1 saturated carbocycles. The monoisotopic (exact) mass is 402 g/mol. The highest BCUT2D eigenvalue weighted by molar-refractivity contribution is 7.89. The molecule has 2 aromatic carbocycles. The number of halogens is 1. The highest BCUT2D eigenvalue weighted by atomic mass is 32.2. The molecule has 0 saturated heterocycles. The van der Waals surface area contributed by atoms with E-state index in [0.717, 1.165) is 42.3 Å². The summed E-state index contributed by atoms with van der Waals surface area (Å²) in [5.74, 6) is -0.188. The Balaban J connectivity index is 1.50. The molecule has 0 radical (unpaired) electrons. The van der Waals surface area contributed by atoms with Crippen molar-refractivity contribution in [2.75, 3.05) is 5.75 Å². The SMILES string of the molecule is O=S(=O)(CCn1nnc2ccccc21)N[C@H](c1ccc(F)cc1)C1CCCC1. The zero-order valence-electron chi connectivity index (χ0n) is 15.5. The van der Waals surface area contributed by atoms with Gasteiger partial charge in [-0.2, -0.15) is 0 Å². The van der Waals surface area contributed by atoms with Crippen LogP contribution in [0.1, 0.15) is 37.3 Å². The number of benzene rings is 2. The molecule has 1 atom stereocenters. The highest BCUT2D eigenvalue weighted by Gasteiger charge is 2.30. The van der Waals surface area contributed by atoms with Crippen molar-refractivity contribution in [3.8, 4) is 0 Å². The third-order valence-corrected chi connectivity index (χ3v) is 6.73. The maximum atomic E-state index is 13.3. The highest BCUT2D eigenvalue weighted by Crippen LogP contribution is 2.36. The summed E-state index contributed by atoms with van der Waals surface area (Å²) in [5, 5.41) is 8.12. The van der Waals surface area contributed by atoms with E-state index in [0.29, 0.717) is 0 Å². The minimum absolute atomic E-state index is 0.0925. The number of nitrogens with one attached hydrogen (secondary N) is 1. The maximum absolute atomic E-state index is 13.3. The second-order valence-corrected chi connectivity index (χ2v) is 9.19. The van der Waals surface area contributed by atoms with Gasteiger partial charge >= 0.3 is 0 Å². The molecule has 1 aliphatic carbocycles. The Labute approximate surface area is 163 Å². The number of hydrogen-bond acceptors (Lipinski definition) is 4. The van der Waals surface area contributed by atoms with Crippen molar-refractivity contribution < 1.29 is 12.8 Å². The van der Waals surface area contributed by atoms with Gasteiger partial charge in [-0.05, 0) is 48.6 Å². The molecule has 0 unspecified atom stereocenters. The predicted molar refractivity (Wildman–Crippen MR) is 106 cm³/mol. The van der Waals surface area contributed by atoms with Crippen molar-refractivity contribution in [1.82, 2.24) is 19.7 Å². The van der Waals surface area contributed by atoms with E-state index in [4.69, 9.17) is 0 Å². The maximum Gasteiger partial charge on any atom is 0.213 e. The van der Waals surface area contributed by atoms with Crippen molar-refractivity contribution in [3.63, 3.8) is 0 Å². The summed E-state index contributed by atoms with van der Waals surface area (Å²) in [7, 11) is -3.55. The minimum atomic E-state index is -3.55. The lowest BCUT2D eigenvalue weighted by molar-refractivity contribution is 0.409. The summed E-state index contributed by atoms with van der Waals surface area (Å²) in [6.07, 6.45) is 4.13. The Kier molecular flexibility index (Phi) is 5.41. The molecule has 1 N–H and O–H groups in total. The van der Waals surface area contributed by atoms with E-state index in [2.05, 4.69) is 15.0 Å². The molecule has 148 valence electrons. The summed E-state index contributed by atoms with van der Waals surface area (Å²) in [6.45, 7) is 0.219. The Hall–Kier alpha value is -2.32. The van der Waals surface area contributed by atoms with Crippen LogP contribution in [-0.2, 0) is 16.6 Å². The van der Waals surface area contributed by atoms with Crippen molar-refractivity contribution in [2.45, 2.75) is 38.3 Å². The second kappa shape index (κ2) is 7.97. The van der Waals surface area contributed by atoms with Gasteiger partial charge in [0.2, 0.25) is 10.0 Å². The molecule has 0 amide bonds. The first kappa shape index (κ1) is 19.0. The zero-order chi connectivity index (χ0) is 19.6. The number of nitrogens with zero attached hydrogens (tertiary/aromatic N) is 3. The lowest BCUT2D eigenvalue weighted by atomic mass is 9.92. The van der Waals surface area contributed by atoms with Crippen LogP contribution in [0.15, 0.2) is 48.5 Å². The van der Waals surface area contributed by atoms with Gasteiger partial charge in [-0.1, -0.05) is 42.3 Å². The number of rotatable bonds is 7. The summed E-state index contributed by atoms with van der Waals surface area (Å²) in [6, 6.07) is 13.2. The van der Waals surface area contributed by atoms with E-state index < -0.39 is 10.0 Å². The fourth-order valence-electron chi connectivity index (χ4n) is 3.94. The van der Waals surface area contributed by atoms with Crippen LogP contribution in [0.25, 0.3) is 11.0 Å². The van der Waals surface area contributed by atoms with Crippen LogP contribution < -0.4 is 4.72 Å². The second-order valence-electron chi connectivity index (χ2n) is 7.31. The van der Waals surface area contributed by atoms with Gasteiger partial charge < -0.3 is 0 Å². The zero-order valence-corrected chi connectivity index (χ0v) is 16.3. The van der Waals surface area contributed by atoms with Crippen molar-refractivity contribution >= 4 is 21.1 Å². The predicted octanol–water partition coefficient (Wildman–Crippen LogP) is 3.42. The van der Waals surface area contributed by atoms with Gasteiger partial charge in [0.25, 0.3) is 0 Å². The molecule has 3 aromatic rings. The molecule has 4 rings (SSSR count). The van der Waals surface area contributed by atoms with E-state index in [1.807, 2.05) is 24.3 Å². The van der Waals surface area contributed by atoms with Crippen molar-refractivity contribution in [3.05, 3.63) is 59.9 Å². The summed E-state index contributed by atoms with van der Waals surface area (Å²) >= 11 is 0. The van der Waals surface area contributed by atoms with E-state index >= 15 is 0 Å². The first-order chi connectivity index (χ1) is 13.5. The van der Waals surface area contributed by atoms with Crippen molar-refractivity contribution in [1.29, 1.82) is 0 Å². The molecule has 1 heterocycles. The smallest absolute Gasteiger partial charge is 0.213 e. The summed E-state index contributed by atoms with van der Waals surface area (Å²) in [4.78, 5) is 0. The molecule has 8 heteroatoms. The quantitative estimate of drug-likeness (QED) is 0.657. The minimum Gasteiger partial charge on any atom is -0.244 e. The van der Waals surface area contributed by atoms with Crippen LogP contribution in [0.2, 0.25) is 0 Å². The topological polar surface area (TPSA) is 76.9 Å². The molecule has 0 bridgehead atoms. The van der Waals surface area contributed by atoms with Gasteiger partial charge in [0.05, 0.1) is 17.8 Å². The molecule has 28 heavy (non-hydrogen) atoms. The standard InChI is InChI=1S/C20H23FN4O2S/c21-17-11-9-16(10-12-17)20(15-5-1-2-6-15)23-28(26,27)14-13-25-19-8-4-3-7-18(19)22-24-25/h3-4,7-12,15,20,23H,1-2,5-6,13-14H2/t20-/m0/s1. The first-order valence-electron chi connectivity index (χ1n) is 9.55. The van der Waals surface area contributed by atoms with E-state index in [-0.39, 0.29) is 30.1 Å². The van der Waals surface area contributed by atoms with Crippen LogP contribution in [-0.4, -0.2) is 29.2 Å². The van der Waals surface area contributed by atoms with Gasteiger partial charge in [0, 0.05) is 6.04 Å². The van der Waals surface area contributed by atoms with Gasteiger partial charge in [-0.3, -0.25) is 0 Å². The summed E-state index contributed by atoms with van der Waals surface area (Å²) in [5.41, 5.74) is 2.36. The molecule has 6 nitrogen and oxygen atoms in total. The number of fused-ring (bicyclic) bond motifs is 1. The number of para-hydroxylation sites is 1. The van der Waals surface area contributed by atoms with Crippen molar-refractivity contribution in [2.24, 2.45) is 5.92 Å².